The Labute approximate surface area is 134 Å². The lowest BCUT2D eigenvalue weighted by molar-refractivity contribution is 0.1000. The molecule has 118 valence electrons. The lowest BCUT2D eigenvalue weighted by atomic mass is 10.0. The second-order valence-corrected chi connectivity index (χ2v) is 5.69. The van der Waals surface area contributed by atoms with Crippen LogP contribution in [0, 0.1) is 5.92 Å². The minimum atomic E-state index is -0.473. The maximum absolute atomic E-state index is 11.7. The molecule has 5 heteroatoms. The molecule has 0 heterocycles. The van der Waals surface area contributed by atoms with Crippen molar-refractivity contribution in [3.63, 3.8) is 0 Å². The van der Waals surface area contributed by atoms with Crippen LogP contribution in [-0.2, 0) is 0 Å². The van der Waals surface area contributed by atoms with Crippen LogP contribution in [0.4, 0.5) is 4.79 Å². The standard InChI is InChI=1S/C18H18N2O3/c19-17(21)15-5-1-3-13(9-15)14-4-2-6-16(10-14)23-18(22)20-11-12-7-8-12/h1-6,9-10,12H,7-8,11H2,(H2,19,21)(H,20,22). The Balaban J connectivity index is 1.72. The van der Waals surface area contributed by atoms with Gasteiger partial charge in [0.25, 0.3) is 0 Å². The quantitative estimate of drug-likeness (QED) is 0.891. The topological polar surface area (TPSA) is 81.4 Å². The summed E-state index contributed by atoms with van der Waals surface area (Å²) in [6.07, 6.45) is 1.90. The molecule has 0 aliphatic heterocycles. The van der Waals surface area contributed by atoms with Gasteiger partial charge in [-0.15, -0.1) is 0 Å². The zero-order valence-corrected chi connectivity index (χ0v) is 12.6. The van der Waals surface area contributed by atoms with Crippen LogP contribution in [0.15, 0.2) is 48.5 Å². The lowest BCUT2D eigenvalue weighted by Crippen LogP contribution is -2.28. The van der Waals surface area contributed by atoms with Gasteiger partial charge >= 0.3 is 6.09 Å². The van der Waals surface area contributed by atoms with Crippen molar-refractivity contribution in [1.82, 2.24) is 5.32 Å². The van der Waals surface area contributed by atoms with E-state index in [0.717, 1.165) is 11.1 Å². The zero-order valence-electron chi connectivity index (χ0n) is 12.6. The average Bonchev–Trinajstić information content (AvgIpc) is 3.38. The molecule has 2 amide bonds. The largest absolute Gasteiger partial charge is 0.412 e. The molecule has 1 saturated carbocycles. The first-order valence-electron chi connectivity index (χ1n) is 7.58. The average molecular weight is 310 g/mol. The number of ether oxygens (including phenoxy) is 1. The molecule has 1 aliphatic carbocycles. The van der Waals surface area contributed by atoms with E-state index in [-0.39, 0.29) is 0 Å². The van der Waals surface area contributed by atoms with Crippen molar-refractivity contribution in [2.75, 3.05) is 6.54 Å². The number of hydrogen-bond donors (Lipinski definition) is 2. The third kappa shape index (κ3) is 4.10. The highest BCUT2D eigenvalue weighted by molar-refractivity contribution is 5.94. The third-order valence-electron chi connectivity index (χ3n) is 3.76. The molecule has 0 spiro atoms. The Bertz CT molecular complexity index is 739. The van der Waals surface area contributed by atoms with E-state index in [1.807, 2.05) is 12.1 Å². The third-order valence-corrected chi connectivity index (χ3v) is 3.76. The Morgan fingerprint density at radius 1 is 1.09 bits per heavy atom. The predicted molar refractivity (Wildman–Crippen MR) is 87.1 cm³/mol. The summed E-state index contributed by atoms with van der Waals surface area (Å²) < 4.78 is 5.29. The molecular weight excluding hydrogens is 292 g/mol. The van der Waals surface area contributed by atoms with Gasteiger partial charge in [-0.1, -0.05) is 24.3 Å². The molecule has 0 aromatic heterocycles. The number of nitrogens with one attached hydrogen (secondary N) is 1. The van der Waals surface area contributed by atoms with Gasteiger partial charge < -0.3 is 15.8 Å². The molecule has 2 aromatic rings. The van der Waals surface area contributed by atoms with E-state index in [1.165, 1.54) is 12.8 Å². The number of hydrogen-bond acceptors (Lipinski definition) is 3. The van der Waals surface area contributed by atoms with Gasteiger partial charge in [-0.25, -0.2) is 4.79 Å². The van der Waals surface area contributed by atoms with E-state index >= 15 is 0 Å². The Hall–Kier alpha value is -2.82. The molecule has 0 saturated heterocycles. The van der Waals surface area contributed by atoms with Crippen LogP contribution in [0.1, 0.15) is 23.2 Å². The van der Waals surface area contributed by atoms with Gasteiger partial charge in [0.2, 0.25) is 5.91 Å². The fourth-order valence-electron chi connectivity index (χ4n) is 2.28. The zero-order chi connectivity index (χ0) is 16.2. The summed E-state index contributed by atoms with van der Waals surface area (Å²) in [6, 6.07) is 14.2. The van der Waals surface area contributed by atoms with Crippen molar-refractivity contribution in [1.29, 1.82) is 0 Å². The summed E-state index contributed by atoms with van der Waals surface area (Å²) in [5, 5.41) is 2.75. The van der Waals surface area contributed by atoms with E-state index < -0.39 is 12.0 Å². The molecule has 2 aromatic carbocycles. The Morgan fingerprint density at radius 3 is 2.48 bits per heavy atom. The number of carbonyl (C=O) groups is 2. The minimum Gasteiger partial charge on any atom is -0.410 e. The van der Waals surface area contributed by atoms with Crippen LogP contribution in [0.5, 0.6) is 5.75 Å². The van der Waals surface area contributed by atoms with Gasteiger partial charge in [0.15, 0.2) is 0 Å². The highest BCUT2D eigenvalue weighted by Crippen LogP contribution is 2.28. The van der Waals surface area contributed by atoms with Crippen LogP contribution in [0.2, 0.25) is 0 Å². The molecule has 0 atom stereocenters. The fraction of sp³-hybridized carbons (Fsp3) is 0.222. The van der Waals surface area contributed by atoms with Crippen LogP contribution in [-0.4, -0.2) is 18.5 Å². The van der Waals surface area contributed by atoms with Gasteiger partial charge in [0.1, 0.15) is 5.75 Å². The summed E-state index contributed by atoms with van der Waals surface area (Å²) in [4.78, 5) is 23.0. The number of nitrogens with two attached hydrogens (primary N) is 1. The number of rotatable bonds is 5. The second-order valence-electron chi connectivity index (χ2n) is 5.69. The van der Waals surface area contributed by atoms with Crippen molar-refractivity contribution in [3.8, 4) is 16.9 Å². The van der Waals surface area contributed by atoms with Crippen molar-refractivity contribution in [3.05, 3.63) is 54.1 Å². The normalized spacial score (nSPS) is 13.4. The van der Waals surface area contributed by atoms with Crippen molar-refractivity contribution in [2.24, 2.45) is 11.7 Å². The van der Waals surface area contributed by atoms with E-state index in [1.54, 1.807) is 36.4 Å². The summed E-state index contributed by atoms with van der Waals surface area (Å²) in [6.45, 7) is 0.666. The minimum absolute atomic E-state index is 0.441. The molecule has 0 bridgehead atoms. The number of carbonyl (C=O) groups excluding carboxylic acids is 2. The van der Waals surface area contributed by atoms with Crippen LogP contribution >= 0.6 is 0 Å². The molecule has 5 nitrogen and oxygen atoms in total. The number of benzene rings is 2. The van der Waals surface area contributed by atoms with E-state index in [0.29, 0.717) is 23.8 Å². The van der Waals surface area contributed by atoms with E-state index in [2.05, 4.69) is 5.32 Å². The first-order chi connectivity index (χ1) is 11.1. The smallest absolute Gasteiger partial charge is 0.410 e. The van der Waals surface area contributed by atoms with Gasteiger partial charge in [-0.2, -0.15) is 0 Å². The van der Waals surface area contributed by atoms with Crippen LogP contribution in [0.3, 0.4) is 0 Å². The second kappa shape index (κ2) is 6.52. The maximum Gasteiger partial charge on any atom is 0.412 e. The summed E-state index contributed by atoms with van der Waals surface area (Å²) in [7, 11) is 0. The molecule has 1 aliphatic rings. The molecular formula is C18H18N2O3. The van der Waals surface area contributed by atoms with Crippen molar-refractivity contribution >= 4 is 12.0 Å². The monoisotopic (exact) mass is 310 g/mol. The highest BCUT2D eigenvalue weighted by atomic mass is 16.6. The van der Waals surface area contributed by atoms with Gasteiger partial charge in [0.05, 0.1) is 0 Å². The van der Waals surface area contributed by atoms with E-state index in [9.17, 15) is 9.59 Å². The number of primary amides is 1. The van der Waals surface area contributed by atoms with Crippen LogP contribution < -0.4 is 15.8 Å². The Kier molecular flexibility index (Phi) is 4.28. The molecule has 1 fully saturated rings. The van der Waals surface area contributed by atoms with Gasteiger partial charge in [-0.05, 0) is 54.2 Å². The first kappa shape index (κ1) is 15.1. The Morgan fingerprint density at radius 2 is 1.78 bits per heavy atom. The highest BCUT2D eigenvalue weighted by Gasteiger charge is 2.22. The molecule has 3 N–H and O–H groups in total. The van der Waals surface area contributed by atoms with Crippen molar-refractivity contribution < 1.29 is 14.3 Å². The number of amides is 2. The molecule has 3 rings (SSSR count). The fourth-order valence-corrected chi connectivity index (χ4v) is 2.28. The lowest BCUT2D eigenvalue weighted by Gasteiger charge is -2.08. The summed E-state index contributed by atoms with van der Waals surface area (Å²) in [5.41, 5.74) is 7.43. The predicted octanol–water partition coefficient (Wildman–Crippen LogP) is 2.95. The molecule has 0 unspecified atom stereocenters. The maximum atomic E-state index is 11.7. The summed E-state index contributed by atoms with van der Waals surface area (Å²) >= 11 is 0. The molecule has 23 heavy (non-hydrogen) atoms. The van der Waals surface area contributed by atoms with E-state index in [4.69, 9.17) is 10.5 Å². The summed E-state index contributed by atoms with van der Waals surface area (Å²) in [5.74, 6) is 0.587. The van der Waals surface area contributed by atoms with Gasteiger partial charge in [-0.3, -0.25) is 4.79 Å². The molecule has 0 radical (unpaired) electrons. The van der Waals surface area contributed by atoms with Crippen molar-refractivity contribution in [2.45, 2.75) is 12.8 Å². The van der Waals surface area contributed by atoms with Gasteiger partial charge in [0, 0.05) is 12.1 Å². The SMILES string of the molecule is NC(=O)c1cccc(-c2cccc(OC(=O)NCC3CC3)c2)c1. The first-order valence-corrected chi connectivity index (χ1v) is 7.58. The van der Waals surface area contributed by atoms with Crippen LogP contribution in [0.25, 0.3) is 11.1 Å².